The Kier molecular flexibility index (Phi) is 17.6. The number of amides is 2. The normalized spacial score (nSPS) is 15.3. The highest BCUT2D eigenvalue weighted by atomic mass is 32.2. The molecule has 3 atom stereocenters. The van der Waals surface area contributed by atoms with Gasteiger partial charge < -0.3 is 29.6 Å². The van der Waals surface area contributed by atoms with Gasteiger partial charge in [-0.3, -0.25) is 19.7 Å². The average molecular weight is 674 g/mol. The number of benzene rings is 1. The highest BCUT2D eigenvalue weighted by molar-refractivity contribution is 7.99. The molecule has 2 amide bonds. The molecular weight excluding hydrogens is 634 g/mol. The fraction of sp³-hybridized carbons (Fsp3) is 0.630. The maximum Gasteiger partial charge on any atom is 0.409 e. The molecule has 1 aliphatic rings. The summed E-state index contributed by atoms with van der Waals surface area (Å²) in [6.45, 7) is -0.520. The molecule has 1 aliphatic heterocycles. The van der Waals surface area contributed by atoms with Crippen molar-refractivity contribution in [3.63, 3.8) is 0 Å². The van der Waals surface area contributed by atoms with Gasteiger partial charge in [0.1, 0.15) is 25.3 Å². The number of likely N-dealkylation sites (tertiary alicyclic amines) is 1. The second-order valence-electron chi connectivity index (χ2n) is 9.99. The average Bonchev–Trinajstić information content (AvgIpc) is 3.51. The van der Waals surface area contributed by atoms with Crippen LogP contribution in [0.15, 0.2) is 30.3 Å². The molecule has 19 heteroatoms. The summed E-state index contributed by atoms with van der Waals surface area (Å²) in [5, 5.41) is 33.7. The van der Waals surface area contributed by atoms with Crippen LogP contribution >= 0.6 is 11.8 Å². The molecule has 0 spiro atoms. The summed E-state index contributed by atoms with van der Waals surface area (Å²) >= 11 is 1.30. The second kappa shape index (κ2) is 21.4. The number of carboxylic acid groups (broad SMARTS) is 1. The Hall–Kier alpha value is -4.39. The molecule has 18 nitrogen and oxygen atoms in total. The van der Waals surface area contributed by atoms with E-state index in [0.29, 0.717) is 43.6 Å². The molecule has 0 bridgehead atoms. The number of hydrogen-bond donors (Lipinski definition) is 3. The van der Waals surface area contributed by atoms with Crippen LogP contribution in [-0.2, 0) is 40.0 Å². The van der Waals surface area contributed by atoms with Crippen molar-refractivity contribution in [3.8, 4) is 0 Å². The first-order valence-corrected chi connectivity index (χ1v) is 15.8. The van der Waals surface area contributed by atoms with Crippen molar-refractivity contribution < 1.29 is 53.6 Å². The summed E-state index contributed by atoms with van der Waals surface area (Å²) in [6.07, 6.45) is 1.59. The van der Waals surface area contributed by atoms with Crippen molar-refractivity contribution in [2.75, 3.05) is 44.6 Å². The molecule has 3 N–H and O–H groups in total. The molecule has 0 aliphatic carbocycles. The summed E-state index contributed by atoms with van der Waals surface area (Å²) < 4.78 is 9.85. The molecule has 0 saturated carbocycles. The van der Waals surface area contributed by atoms with Crippen LogP contribution in [0.25, 0.3) is 0 Å². The lowest BCUT2D eigenvalue weighted by Gasteiger charge is -2.30. The first-order chi connectivity index (χ1) is 22.1. The van der Waals surface area contributed by atoms with E-state index < -0.39 is 59.0 Å². The highest BCUT2D eigenvalue weighted by Crippen LogP contribution is 2.22. The number of aliphatic carboxylic acids is 1. The van der Waals surface area contributed by atoms with E-state index in [4.69, 9.17) is 4.74 Å². The van der Waals surface area contributed by atoms with Crippen LogP contribution in [0.4, 0.5) is 4.79 Å². The molecule has 0 aromatic heterocycles. The maximum atomic E-state index is 13.8. The Balaban J connectivity index is 1.98. The predicted molar refractivity (Wildman–Crippen MR) is 160 cm³/mol. The van der Waals surface area contributed by atoms with Gasteiger partial charge in [0.15, 0.2) is 0 Å². The number of nitrogens with zero attached hydrogens (tertiary/aromatic N) is 3. The lowest BCUT2D eigenvalue weighted by molar-refractivity contribution is -0.765. The van der Waals surface area contributed by atoms with Gasteiger partial charge in [-0.2, -0.15) is 11.8 Å². The number of carbonyl (C=O) groups is 4. The predicted octanol–water partition coefficient (Wildman–Crippen LogP) is 1.57. The summed E-state index contributed by atoms with van der Waals surface area (Å²) in [4.78, 5) is 80.3. The fourth-order valence-electron chi connectivity index (χ4n) is 4.64. The van der Waals surface area contributed by atoms with E-state index in [0.717, 1.165) is 5.56 Å². The fourth-order valence-corrected chi connectivity index (χ4v) is 5.24. The molecule has 1 aromatic rings. The van der Waals surface area contributed by atoms with Crippen molar-refractivity contribution in [1.82, 2.24) is 15.5 Å². The smallest absolute Gasteiger partial charge is 0.409 e. The van der Waals surface area contributed by atoms with Gasteiger partial charge >= 0.3 is 18.0 Å². The second-order valence-corrected chi connectivity index (χ2v) is 11.2. The molecule has 1 heterocycles. The Bertz CT molecular complexity index is 1150. The van der Waals surface area contributed by atoms with E-state index in [1.165, 1.54) is 16.7 Å². The van der Waals surface area contributed by atoms with Crippen molar-refractivity contribution >= 4 is 35.7 Å². The van der Waals surface area contributed by atoms with Gasteiger partial charge in [-0.15, -0.1) is 20.2 Å². The number of unbranched alkanes of at least 4 members (excludes halogenated alkanes) is 1. The number of ether oxygens (including phenoxy) is 2. The minimum atomic E-state index is -1.13. The molecule has 3 unspecified atom stereocenters. The van der Waals surface area contributed by atoms with E-state index in [1.54, 1.807) is 0 Å². The monoisotopic (exact) mass is 673 g/mol. The van der Waals surface area contributed by atoms with Gasteiger partial charge in [-0.25, -0.2) is 9.59 Å². The molecule has 1 fully saturated rings. The van der Waals surface area contributed by atoms with Gasteiger partial charge in [0.25, 0.3) is 10.2 Å². The number of alkyl carbamates (subject to hydrolysis) is 1. The zero-order valence-corrected chi connectivity index (χ0v) is 25.9. The Labute approximate surface area is 268 Å². The van der Waals surface area contributed by atoms with Crippen LogP contribution < -0.4 is 10.6 Å². The molecule has 1 saturated heterocycles. The van der Waals surface area contributed by atoms with E-state index in [9.17, 15) is 44.5 Å². The minimum absolute atomic E-state index is 0.0380. The molecule has 0 radical (unpaired) electrons. The standard InChI is InChI=1S/C27H39N5O13S/c33-24(30-14-6-10-23(30)26(36)42-15-17-46-18-16-44-31(38)39)21(9-4-5-13-28-27(37)43-19-45-32(40)41)29-22(25(34)35)12-11-20-7-2-1-3-8-20/h1-3,7-8,21-23,29H,4-6,9-19H2,(H,28,37)(H,34,35). The third-order valence-electron chi connectivity index (χ3n) is 6.80. The third kappa shape index (κ3) is 15.1. The van der Waals surface area contributed by atoms with E-state index in [-0.39, 0.29) is 39.1 Å². The van der Waals surface area contributed by atoms with Crippen LogP contribution in [-0.4, -0.2) is 107 Å². The van der Waals surface area contributed by atoms with Gasteiger partial charge in [-0.1, -0.05) is 30.3 Å². The maximum absolute atomic E-state index is 13.8. The van der Waals surface area contributed by atoms with Crippen molar-refractivity contribution in [2.45, 2.75) is 63.1 Å². The summed E-state index contributed by atoms with van der Waals surface area (Å²) in [5.74, 6) is -1.45. The minimum Gasteiger partial charge on any atom is -0.480 e. The molecule has 1 aromatic carbocycles. The number of rotatable bonds is 23. The lowest BCUT2D eigenvalue weighted by Crippen LogP contribution is -2.54. The Morgan fingerprint density at radius 3 is 2.39 bits per heavy atom. The number of carboxylic acids is 1. The number of esters is 1. The number of thioether (sulfide) groups is 1. The van der Waals surface area contributed by atoms with E-state index >= 15 is 0 Å². The molecule has 46 heavy (non-hydrogen) atoms. The van der Waals surface area contributed by atoms with Gasteiger partial charge in [0.2, 0.25) is 12.7 Å². The zero-order chi connectivity index (χ0) is 33.7. The molecule has 256 valence electrons. The van der Waals surface area contributed by atoms with E-state index in [2.05, 4.69) is 25.0 Å². The SMILES string of the molecule is O=C(NCCCCC(NC(CCc1ccccc1)C(=O)O)C(=O)N1CCCC1C(=O)OCCSCCO[N+](=O)[O-])OCO[N+](=O)[O-]. The molecular formula is C27H39N5O13S. The van der Waals surface area contributed by atoms with Crippen LogP contribution in [0.1, 0.15) is 44.1 Å². The van der Waals surface area contributed by atoms with Gasteiger partial charge in [0, 0.05) is 24.6 Å². The summed E-state index contributed by atoms with van der Waals surface area (Å²) in [6, 6.07) is 6.44. The van der Waals surface area contributed by atoms with Crippen molar-refractivity contribution in [3.05, 3.63) is 56.1 Å². The Morgan fingerprint density at radius 1 is 0.978 bits per heavy atom. The number of aryl methyl sites for hydroxylation is 1. The first kappa shape index (κ1) is 37.8. The van der Waals surface area contributed by atoms with Crippen LogP contribution in [0.2, 0.25) is 0 Å². The first-order valence-electron chi connectivity index (χ1n) is 14.6. The van der Waals surface area contributed by atoms with E-state index in [1.807, 2.05) is 30.3 Å². The third-order valence-corrected chi connectivity index (χ3v) is 7.72. The topological polar surface area (TPSA) is 239 Å². The summed E-state index contributed by atoms with van der Waals surface area (Å²) in [5.41, 5.74) is 0.936. The van der Waals surface area contributed by atoms with Crippen molar-refractivity contribution in [2.24, 2.45) is 0 Å². The van der Waals surface area contributed by atoms with Crippen LogP contribution in [0.3, 0.4) is 0 Å². The largest absolute Gasteiger partial charge is 0.480 e. The van der Waals surface area contributed by atoms with Gasteiger partial charge in [-0.05, 0) is 50.5 Å². The van der Waals surface area contributed by atoms with Crippen LogP contribution in [0.5, 0.6) is 0 Å². The lowest BCUT2D eigenvalue weighted by atomic mass is 10.0. The number of carbonyl (C=O) groups excluding carboxylic acids is 3. The zero-order valence-electron chi connectivity index (χ0n) is 25.1. The summed E-state index contributed by atoms with van der Waals surface area (Å²) in [7, 11) is 0. The highest BCUT2D eigenvalue weighted by Gasteiger charge is 2.39. The molecule has 2 rings (SSSR count). The quantitative estimate of drug-likeness (QED) is 0.0491. The van der Waals surface area contributed by atoms with Gasteiger partial charge in [0.05, 0.1) is 6.04 Å². The number of hydrogen-bond acceptors (Lipinski definition) is 14. The number of nitrogens with one attached hydrogen (secondary N) is 2. The van der Waals surface area contributed by atoms with Crippen LogP contribution in [0, 0.1) is 20.2 Å². The Morgan fingerprint density at radius 2 is 1.70 bits per heavy atom. The van der Waals surface area contributed by atoms with Crippen molar-refractivity contribution in [1.29, 1.82) is 0 Å².